The van der Waals surface area contributed by atoms with Crippen LogP contribution in [0.1, 0.15) is 32.4 Å². The maximum Gasteiger partial charge on any atom is 0.151 e. The molecule has 1 fully saturated rings. The maximum atomic E-state index is 4.25. The number of hydrogen-bond donors (Lipinski definition) is 1. The molecule has 1 N–H and O–H groups in total. The first-order valence-corrected chi connectivity index (χ1v) is 6.14. The number of anilines is 1. The van der Waals surface area contributed by atoms with Crippen molar-refractivity contribution in [1.29, 1.82) is 0 Å². The molecule has 88 valence electrons. The van der Waals surface area contributed by atoms with Crippen LogP contribution in [0.5, 0.6) is 0 Å². The van der Waals surface area contributed by atoms with Crippen LogP contribution >= 0.6 is 0 Å². The molecule has 0 atom stereocenters. The summed E-state index contributed by atoms with van der Waals surface area (Å²) in [5.74, 6) is 0.972. The maximum absolute atomic E-state index is 4.25. The molecule has 1 aromatic heterocycles. The second-order valence-electron chi connectivity index (χ2n) is 4.21. The van der Waals surface area contributed by atoms with E-state index in [4.69, 9.17) is 0 Å². The van der Waals surface area contributed by atoms with Crippen LogP contribution in [0.4, 0.5) is 5.82 Å². The van der Waals surface area contributed by atoms with Gasteiger partial charge in [0.25, 0.3) is 0 Å². The van der Waals surface area contributed by atoms with E-state index in [0.29, 0.717) is 0 Å². The van der Waals surface area contributed by atoms with Crippen molar-refractivity contribution in [1.82, 2.24) is 15.5 Å². The molecule has 0 spiro atoms. The normalized spacial score (nSPS) is 15.1. The minimum Gasteiger partial charge on any atom is -0.356 e. The van der Waals surface area contributed by atoms with Gasteiger partial charge in [0.05, 0.1) is 5.69 Å². The summed E-state index contributed by atoms with van der Waals surface area (Å²) >= 11 is 0. The van der Waals surface area contributed by atoms with Gasteiger partial charge in [-0.3, -0.25) is 0 Å². The molecule has 2 rings (SSSR count). The molecule has 1 aromatic rings. The van der Waals surface area contributed by atoms with Crippen molar-refractivity contribution in [3.05, 3.63) is 17.8 Å². The highest BCUT2D eigenvalue weighted by Crippen LogP contribution is 2.19. The van der Waals surface area contributed by atoms with Crippen LogP contribution in [-0.2, 0) is 6.54 Å². The summed E-state index contributed by atoms with van der Waals surface area (Å²) in [6.07, 6.45) is 2.62. The van der Waals surface area contributed by atoms with Crippen LogP contribution in [0.15, 0.2) is 12.1 Å². The van der Waals surface area contributed by atoms with Crippen molar-refractivity contribution in [2.24, 2.45) is 0 Å². The van der Waals surface area contributed by atoms with Gasteiger partial charge in [0.1, 0.15) is 0 Å². The molecule has 0 aliphatic heterocycles. The van der Waals surface area contributed by atoms with Gasteiger partial charge >= 0.3 is 0 Å². The summed E-state index contributed by atoms with van der Waals surface area (Å²) < 4.78 is 0. The van der Waals surface area contributed by atoms with Crippen molar-refractivity contribution in [2.45, 2.75) is 39.3 Å². The molecule has 1 aliphatic carbocycles. The molecule has 0 amide bonds. The molecule has 16 heavy (non-hydrogen) atoms. The first-order chi connectivity index (χ1) is 7.83. The van der Waals surface area contributed by atoms with Crippen molar-refractivity contribution in [3.63, 3.8) is 0 Å². The van der Waals surface area contributed by atoms with Gasteiger partial charge in [-0.25, -0.2) is 0 Å². The first-order valence-electron chi connectivity index (χ1n) is 6.14. The molecule has 0 aromatic carbocycles. The first kappa shape index (κ1) is 11.3. The third-order valence-corrected chi connectivity index (χ3v) is 2.94. The SMILES string of the molecule is CCN(CC)c1ccc(CNC2CC2)nn1. The second kappa shape index (κ2) is 5.25. The van der Waals surface area contributed by atoms with E-state index in [-0.39, 0.29) is 0 Å². The lowest BCUT2D eigenvalue weighted by molar-refractivity contribution is 0.663. The highest BCUT2D eigenvalue weighted by atomic mass is 15.3. The van der Waals surface area contributed by atoms with Gasteiger partial charge in [0.15, 0.2) is 5.82 Å². The Morgan fingerprint density at radius 3 is 2.50 bits per heavy atom. The van der Waals surface area contributed by atoms with Crippen LogP contribution in [0.3, 0.4) is 0 Å². The van der Waals surface area contributed by atoms with Gasteiger partial charge in [0.2, 0.25) is 0 Å². The van der Waals surface area contributed by atoms with Crippen LogP contribution in [0.2, 0.25) is 0 Å². The lowest BCUT2D eigenvalue weighted by Gasteiger charge is -2.18. The van der Waals surface area contributed by atoms with E-state index in [0.717, 1.165) is 37.2 Å². The number of nitrogens with one attached hydrogen (secondary N) is 1. The van der Waals surface area contributed by atoms with E-state index in [9.17, 15) is 0 Å². The molecule has 1 saturated carbocycles. The van der Waals surface area contributed by atoms with E-state index in [2.05, 4.69) is 46.4 Å². The molecular weight excluding hydrogens is 200 g/mol. The highest BCUT2D eigenvalue weighted by Gasteiger charge is 2.20. The zero-order chi connectivity index (χ0) is 11.4. The topological polar surface area (TPSA) is 41.0 Å². The molecule has 1 heterocycles. The van der Waals surface area contributed by atoms with Gasteiger partial charge in [0, 0.05) is 25.7 Å². The lowest BCUT2D eigenvalue weighted by Crippen LogP contribution is -2.23. The van der Waals surface area contributed by atoms with E-state index < -0.39 is 0 Å². The number of nitrogens with zero attached hydrogens (tertiary/aromatic N) is 3. The Bertz CT molecular complexity index is 314. The summed E-state index contributed by atoms with van der Waals surface area (Å²) in [6.45, 7) is 7.06. The molecule has 0 radical (unpaired) electrons. The molecule has 4 nitrogen and oxygen atoms in total. The van der Waals surface area contributed by atoms with E-state index in [1.807, 2.05) is 0 Å². The third kappa shape index (κ3) is 2.92. The Labute approximate surface area is 97.1 Å². The molecular formula is C12H20N4. The van der Waals surface area contributed by atoms with Crippen LogP contribution in [0, 0.1) is 0 Å². The van der Waals surface area contributed by atoms with Gasteiger partial charge in [-0.1, -0.05) is 0 Å². The lowest BCUT2D eigenvalue weighted by atomic mass is 10.3. The smallest absolute Gasteiger partial charge is 0.151 e. The second-order valence-corrected chi connectivity index (χ2v) is 4.21. The summed E-state index contributed by atoms with van der Waals surface area (Å²) in [6, 6.07) is 4.85. The Morgan fingerprint density at radius 1 is 1.25 bits per heavy atom. The van der Waals surface area contributed by atoms with Crippen molar-refractivity contribution < 1.29 is 0 Å². The van der Waals surface area contributed by atoms with Crippen molar-refractivity contribution in [3.8, 4) is 0 Å². The molecule has 0 saturated heterocycles. The Morgan fingerprint density at radius 2 is 2.00 bits per heavy atom. The zero-order valence-corrected chi connectivity index (χ0v) is 10.1. The average Bonchev–Trinajstić information content (AvgIpc) is 3.13. The predicted octanol–water partition coefficient (Wildman–Crippen LogP) is 1.57. The summed E-state index contributed by atoms with van der Waals surface area (Å²) in [5, 5.41) is 11.9. The van der Waals surface area contributed by atoms with E-state index in [1.54, 1.807) is 0 Å². The highest BCUT2D eigenvalue weighted by molar-refractivity contribution is 5.36. The number of rotatable bonds is 6. The molecule has 4 heteroatoms. The average molecular weight is 220 g/mol. The summed E-state index contributed by atoms with van der Waals surface area (Å²) in [4.78, 5) is 2.20. The largest absolute Gasteiger partial charge is 0.356 e. The standard InChI is InChI=1S/C12H20N4/c1-3-16(4-2)12-8-7-11(14-15-12)9-13-10-5-6-10/h7-8,10,13H,3-6,9H2,1-2H3. The fraction of sp³-hybridized carbons (Fsp3) is 0.667. The van der Waals surface area contributed by atoms with E-state index >= 15 is 0 Å². The van der Waals surface area contributed by atoms with Crippen LogP contribution in [-0.4, -0.2) is 29.3 Å². The minimum absolute atomic E-state index is 0.726. The number of hydrogen-bond acceptors (Lipinski definition) is 4. The van der Waals surface area contributed by atoms with Crippen LogP contribution in [0.25, 0.3) is 0 Å². The summed E-state index contributed by atoms with van der Waals surface area (Å²) in [7, 11) is 0. The van der Waals surface area contributed by atoms with Crippen molar-refractivity contribution >= 4 is 5.82 Å². The van der Waals surface area contributed by atoms with Gasteiger partial charge in [-0.05, 0) is 38.8 Å². The quantitative estimate of drug-likeness (QED) is 0.790. The zero-order valence-electron chi connectivity index (χ0n) is 10.1. The fourth-order valence-electron chi connectivity index (χ4n) is 1.70. The monoisotopic (exact) mass is 220 g/mol. The molecule has 0 unspecified atom stereocenters. The van der Waals surface area contributed by atoms with Crippen molar-refractivity contribution in [2.75, 3.05) is 18.0 Å². The molecule has 0 bridgehead atoms. The fourth-order valence-corrected chi connectivity index (χ4v) is 1.70. The Kier molecular flexibility index (Phi) is 3.72. The minimum atomic E-state index is 0.726. The predicted molar refractivity (Wildman–Crippen MR) is 65.5 cm³/mol. The van der Waals surface area contributed by atoms with Gasteiger partial charge < -0.3 is 10.2 Å². The van der Waals surface area contributed by atoms with Crippen LogP contribution < -0.4 is 10.2 Å². The van der Waals surface area contributed by atoms with Gasteiger partial charge in [-0.15, -0.1) is 5.10 Å². The third-order valence-electron chi connectivity index (χ3n) is 2.94. The van der Waals surface area contributed by atoms with E-state index in [1.165, 1.54) is 12.8 Å². The Balaban J connectivity index is 1.91. The van der Waals surface area contributed by atoms with Gasteiger partial charge in [-0.2, -0.15) is 5.10 Å². The summed E-state index contributed by atoms with van der Waals surface area (Å²) in [5.41, 5.74) is 1.03. The Hall–Kier alpha value is -1.16. The molecule has 1 aliphatic rings. The number of aromatic nitrogens is 2.